The minimum absolute atomic E-state index is 0.0276. The number of nitrogens with zero attached hydrogens (tertiary/aromatic N) is 3. The van der Waals surface area contributed by atoms with E-state index in [1.54, 1.807) is 30.5 Å². The first kappa shape index (κ1) is 17.7. The van der Waals surface area contributed by atoms with E-state index in [1.807, 2.05) is 12.1 Å². The Labute approximate surface area is 154 Å². The van der Waals surface area contributed by atoms with E-state index in [9.17, 15) is 9.59 Å². The molecular weight excluding hydrogens is 352 g/mol. The number of benzene rings is 1. The van der Waals surface area contributed by atoms with Gasteiger partial charge >= 0.3 is 0 Å². The van der Waals surface area contributed by atoms with Crippen molar-refractivity contribution in [3.05, 3.63) is 59.9 Å². The van der Waals surface area contributed by atoms with Crippen LogP contribution >= 0.6 is 11.8 Å². The number of pyridine rings is 1. The third-order valence-corrected chi connectivity index (χ3v) is 4.60. The SMILES string of the molecule is N#Cc1cccnc1Sc1ccc(NC2=CC(=O)N(CCO)C2=O)cc1. The number of amides is 2. The number of hydrogen-bond acceptors (Lipinski definition) is 7. The molecule has 2 heterocycles. The number of anilines is 1. The highest BCUT2D eigenvalue weighted by Crippen LogP contribution is 2.29. The highest BCUT2D eigenvalue weighted by molar-refractivity contribution is 7.99. The van der Waals surface area contributed by atoms with Crippen LogP contribution in [0, 0.1) is 11.3 Å². The Bertz CT molecular complexity index is 919. The minimum Gasteiger partial charge on any atom is -0.395 e. The summed E-state index contributed by atoms with van der Waals surface area (Å²) in [6, 6.07) is 12.7. The summed E-state index contributed by atoms with van der Waals surface area (Å²) >= 11 is 1.37. The maximum Gasteiger partial charge on any atom is 0.277 e. The Morgan fingerprint density at radius 2 is 2.00 bits per heavy atom. The van der Waals surface area contributed by atoms with Crippen LogP contribution in [0.15, 0.2) is 64.3 Å². The number of imide groups is 1. The number of rotatable bonds is 6. The smallest absolute Gasteiger partial charge is 0.277 e. The average molecular weight is 366 g/mol. The zero-order valence-electron chi connectivity index (χ0n) is 13.5. The molecule has 0 fully saturated rings. The largest absolute Gasteiger partial charge is 0.395 e. The molecule has 0 spiro atoms. The third-order valence-electron chi connectivity index (χ3n) is 3.57. The molecule has 0 radical (unpaired) electrons. The lowest BCUT2D eigenvalue weighted by atomic mass is 10.3. The van der Waals surface area contributed by atoms with Gasteiger partial charge in [-0.15, -0.1) is 0 Å². The Balaban J connectivity index is 1.69. The second kappa shape index (κ2) is 7.82. The van der Waals surface area contributed by atoms with Crippen LogP contribution in [0.1, 0.15) is 5.56 Å². The third kappa shape index (κ3) is 3.74. The van der Waals surface area contributed by atoms with Crippen LogP contribution in [0.4, 0.5) is 5.69 Å². The molecule has 2 N–H and O–H groups in total. The standard InChI is InChI=1S/C18H14N4O3S/c19-11-12-2-1-7-20-17(12)26-14-5-3-13(4-6-14)21-15-10-16(24)22(8-9-23)18(15)25/h1-7,10,21,23H,8-9H2. The molecule has 2 amide bonds. The normalized spacial score (nSPS) is 13.5. The first-order chi connectivity index (χ1) is 12.6. The highest BCUT2D eigenvalue weighted by atomic mass is 32.2. The van der Waals surface area contributed by atoms with Crippen LogP contribution in [0.5, 0.6) is 0 Å². The number of carbonyl (C=O) groups excluding carboxylic acids is 2. The summed E-state index contributed by atoms with van der Waals surface area (Å²) in [6.07, 6.45) is 2.85. The van der Waals surface area contributed by atoms with Gasteiger partial charge in [0.2, 0.25) is 0 Å². The monoisotopic (exact) mass is 366 g/mol. The van der Waals surface area contributed by atoms with Gasteiger partial charge in [-0.2, -0.15) is 5.26 Å². The van der Waals surface area contributed by atoms with E-state index in [-0.39, 0.29) is 18.8 Å². The molecule has 1 aromatic heterocycles. The first-order valence-electron chi connectivity index (χ1n) is 7.71. The molecular formula is C18H14N4O3S. The number of β-amino-alcohol motifs (C(OH)–C–C–N with tert-alkyl or cyclic N) is 1. The summed E-state index contributed by atoms with van der Waals surface area (Å²) in [7, 11) is 0. The fourth-order valence-corrected chi connectivity index (χ4v) is 3.17. The molecule has 26 heavy (non-hydrogen) atoms. The molecule has 8 heteroatoms. The molecule has 0 saturated carbocycles. The van der Waals surface area contributed by atoms with E-state index < -0.39 is 11.8 Å². The summed E-state index contributed by atoms with van der Waals surface area (Å²) in [5.74, 6) is -0.910. The van der Waals surface area contributed by atoms with Crippen molar-refractivity contribution in [1.82, 2.24) is 9.88 Å². The predicted molar refractivity (Wildman–Crippen MR) is 95.0 cm³/mol. The van der Waals surface area contributed by atoms with Crippen molar-refractivity contribution in [2.45, 2.75) is 9.92 Å². The van der Waals surface area contributed by atoms with Crippen LogP contribution in [0.2, 0.25) is 0 Å². The molecule has 0 atom stereocenters. The lowest BCUT2D eigenvalue weighted by Gasteiger charge is -2.13. The van der Waals surface area contributed by atoms with Crippen LogP contribution in [0.3, 0.4) is 0 Å². The number of aliphatic hydroxyl groups is 1. The van der Waals surface area contributed by atoms with Crippen molar-refractivity contribution in [1.29, 1.82) is 5.26 Å². The number of aliphatic hydroxyl groups excluding tert-OH is 1. The fraction of sp³-hybridized carbons (Fsp3) is 0.111. The molecule has 0 saturated heterocycles. The lowest BCUT2D eigenvalue weighted by molar-refractivity contribution is -0.137. The van der Waals surface area contributed by atoms with Crippen molar-refractivity contribution >= 4 is 29.3 Å². The number of hydrogen-bond donors (Lipinski definition) is 2. The maximum absolute atomic E-state index is 12.1. The van der Waals surface area contributed by atoms with Crippen molar-refractivity contribution < 1.29 is 14.7 Å². The van der Waals surface area contributed by atoms with Crippen LogP contribution in [0.25, 0.3) is 0 Å². The topological polar surface area (TPSA) is 106 Å². The number of carbonyl (C=O) groups is 2. The van der Waals surface area contributed by atoms with Gasteiger partial charge in [0.15, 0.2) is 0 Å². The molecule has 0 unspecified atom stereocenters. The predicted octanol–water partition coefficient (Wildman–Crippen LogP) is 1.76. The van der Waals surface area contributed by atoms with Crippen LogP contribution < -0.4 is 5.32 Å². The van der Waals surface area contributed by atoms with Gasteiger partial charge in [0.25, 0.3) is 11.8 Å². The minimum atomic E-state index is -0.463. The Kier molecular flexibility index (Phi) is 5.31. The second-order valence-electron chi connectivity index (χ2n) is 5.30. The van der Waals surface area contributed by atoms with E-state index >= 15 is 0 Å². The van der Waals surface area contributed by atoms with Gasteiger partial charge in [-0.1, -0.05) is 11.8 Å². The molecule has 0 aliphatic carbocycles. The first-order valence-corrected chi connectivity index (χ1v) is 8.52. The zero-order chi connectivity index (χ0) is 18.5. The Morgan fingerprint density at radius 1 is 1.23 bits per heavy atom. The van der Waals surface area contributed by atoms with Gasteiger partial charge < -0.3 is 10.4 Å². The van der Waals surface area contributed by atoms with Crippen molar-refractivity contribution in [2.75, 3.05) is 18.5 Å². The average Bonchev–Trinajstić information content (AvgIpc) is 2.91. The van der Waals surface area contributed by atoms with E-state index in [2.05, 4.69) is 16.4 Å². The fourth-order valence-electron chi connectivity index (χ4n) is 2.34. The van der Waals surface area contributed by atoms with Crippen LogP contribution in [-0.2, 0) is 9.59 Å². The summed E-state index contributed by atoms with van der Waals surface area (Å²) in [5, 5.41) is 21.6. The number of aromatic nitrogens is 1. The van der Waals surface area contributed by atoms with Gasteiger partial charge in [0, 0.05) is 22.9 Å². The molecule has 3 rings (SSSR count). The highest BCUT2D eigenvalue weighted by Gasteiger charge is 2.30. The number of nitrogens with one attached hydrogen (secondary N) is 1. The summed E-state index contributed by atoms with van der Waals surface area (Å²) in [5.41, 5.74) is 1.32. The molecule has 0 bridgehead atoms. The van der Waals surface area contributed by atoms with E-state index in [4.69, 9.17) is 10.4 Å². The van der Waals surface area contributed by atoms with Gasteiger partial charge in [0.05, 0.1) is 18.7 Å². The van der Waals surface area contributed by atoms with Crippen molar-refractivity contribution in [2.24, 2.45) is 0 Å². The zero-order valence-corrected chi connectivity index (χ0v) is 14.4. The Hall–Kier alpha value is -3.15. The number of nitriles is 1. The molecule has 130 valence electrons. The van der Waals surface area contributed by atoms with E-state index in [1.165, 1.54) is 17.8 Å². The van der Waals surface area contributed by atoms with Crippen molar-refractivity contribution in [3.8, 4) is 6.07 Å². The Morgan fingerprint density at radius 3 is 2.69 bits per heavy atom. The van der Waals surface area contributed by atoms with Gasteiger partial charge in [-0.05, 0) is 36.4 Å². The molecule has 1 aliphatic rings. The van der Waals surface area contributed by atoms with Gasteiger partial charge in [-0.3, -0.25) is 14.5 Å². The molecule has 1 aliphatic heterocycles. The van der Waals surface area contributed by atoms with E-state index in [0.717, 1.165) is 9.80 Å². The van der Waals surface area contributed by atoms with E-state index in [0.29, 0.717) is 16.3 Å². The van der Waals surface area contributed by atoms with Crippen LogP contribution in [-0.4, -0.2) is 40.0 Å². The molecule has 2 aromatic rings. The molecule has 1 aromatic carbocycles. The summed E-state index contributed by atoms with van der Waals surface area (Å²) < 4.78 is 0. The van der Waals surface area contributed by atoms with Gasteiger partial charge in [0.1, 0.15) is 16.8 Å². The van der Waals surface area contributed by atoms with Crippen molar-refractivity contribution in [3.63, 3.8) is 0 Å². The quantitative estimate of drug-likeness (QED) is 0.750. The lowest BCUT2D eigenvalue weighted by Crippen LogP contribution is -2.34. The maximum atomic E-state index is 12.1. The molecule has 7 nitrogen and oxygen atoms in total. The summed E-state index contributed by atoms with van der Waals surface area (Å²) in [4.78, 5) is 29.9. The van der Waals surface area contributed by atoms with Gasteiger partial charge in [-0.25, -0.2) is 4.98 Å². The summed E-state index contributed by atoms with van der Waals surface area (Å²) in [6.45, 7) is -0.303. The second-order valence-corrected chi connectivity index (χ2v) is 6.36.